The van der Waals surface area contributed by atoms with Gasteiger partial charge in [0.1, 0.15) is 13.2 Å². The smallest absolute Gasteiger partial charge is 0.311 e. The SMILES string of the molecule is CCc1ccc(O)c([N+](=O)[O-])c1.CCc1ccc(OCCOc2ccccc2[N+](=O)[O-])c([N+](=O)[O-])c1. The third-order valence-electron chi connectivity index (χ3n) is 4.93. The van der Waals surface area contributed by atoms with Gasteiger partial charge in [-0.05, 0) is 42.2 Å². The number of nitro benzene ring substituents is 3. The lowest BCUT2D eigenvalue weighted by molar-refractivity contribution is -0.386. The maximum Gasteiger partial charge on any atom is 0.311 e. The van der Waals surface area contributed by atoms with Gasteiger partial charge in [0.25, 0.3) is 0 Å². The molecular formula is C24H25N3O9. The molecule has 0 heterocycles. The Morgan fingerprint density at radius 3 is 1.67 bits per heavy atom. The molecule has 0 aromatic heterocycles. The first kappa shape index (κ1) is 27.5. The summed E-state index contributed by atoms with van der Waals surface area (Å²) in [7, 11) is 0. The summed E-state index contributed by atoms with van der Waals surface area (Å²) in [5.74, 6) is -0.0116. The lowest BCUT2D eigenvalue weighted by atomic mass is 10.1. The van der Waals surface area contributed by atoms with Crippen molar-refractivity contribution >= 4 is 17.1 Å². The van der Waals surface area contributed by atoms with Crippen LogP contribution in [0.2, 0.25) is 0 Å². The van der Waals surface area contributed by atoms with Gasteiger partial charge in [0.2, 0.25) is 0 Å². The summed E-state index contributed by atoms with van der Waals surface area (Å²) in [6.45, 7) is 3.85. The van der Waals surface area contributed by atoms with Crippen LogP contribution in [0, 0.1) is 30.3 Å². The summed E-state index contributed by atoms with van der Waals surface area (Å²) >= 11 is 0. The van der Waals surface area contributed by atoms with E-state index in [0.29, 0.717) is 6.42 Å². The van der Waals surface area contributed by atoms with Gasteiger partial charge in [0.15, 0.2) is 17.2 Å². The molecule has 0 saturated heterocycles. The molecule has 3 rings (SSSR count). The molecule has 0 radical (unpaired) electrons. The van der Waals surface area contributed by atoms with Crippen LogP contribution in [0.15, 0.2) is 60.7 Å². The highest BCUT2D eigenvalue weighted by Crippen LogP contribution is 2.29. The first-order chi connectivity index (χ1) is 17.2. The van der Waals surface area contributed by atoms with E-state index in [4.69, 9.17) is 14.6 Å². The Labute approximate surface area is 206 Å². The van der Waals surface area contributed by atoms with Crippen LogP contribution in [0.1, 0.15) is 25.0 Å². The second-order valence-corrected chi connectivity index (χ2v) is 7.27. The summed E-state index contributed by atoms with van der Waals surface area (Å²) in [6, 6.07) is 15.2. The molecular weight excluding hydrogens is 474 g/mol. The van der Waals surface area contributed by atoms with E-state index in [1.165, 1.54) is 30.3 Å². The average molecular weight is 499 g/mol. The van der Waals surface area contributed by atoms with Crippen molar-refractivity contribution in [3.8, 4) is 17.2 Å². The minimum atomic E-state index is -0.589. The van der Waals surface area contributed by atoms with Crippen LogP contribution < -0.4 is 9.47 Å². The van der Waals surface area contributed by atoms with E-state index < -0.39 is 14.8 Å². The fourth-order valence-corrected chi connectivity index (χ4v) is 3.02. The Balaban J connectivity index is 0.000000319. The highest BCUT2D eigenvalue weighted by Gasteiger charge is 2.17. The molecule has 12 nitrogen and oxygen atoms in total. The molecule has 0 bridgehead atoms. The first-order valence-corrected chi connectivity index (χ1v) is 10.9. The molecule has 12 heteroatoms. The second kappa shape index (κ2) is 13.2. The number of nitro groups is 3. The zero-order chi connectivity index (χ0) is 26.7. The maximum absolute atomic E-state index is 11.1. The number of ether oxygens (including phenoxy) is 2. The van der Waals surface area contributed by atoms with Crippen molar-refractivity contribution in [2.24, 2.45) is 0 Å². The number of hydrogen-bond donors (Lipinski definition) is 1. The zero-order valence-electron chi connectivity index (χ0n) is 19.7. The monoisotopic (exact) mass is 499 g/mol. The van der Waals surface area contributed by atoms with E-state index in [1.807, 2.05) is 13.8 Å². The molecule has 0 atom stereocenters. The maximum atomic E-state index is 11.1. The van der Waals surface area contributed by atoms with E-state index in [-0.39, 0.29) is 47.5 Å². The molecule has 36 heavy (non-hydrogen) atoms. The van der Waals surface area contributed by atoms with Gasteiger partial charge in [0, 0.05) is 18.2 Å². The van der Waals surface area contributed by atoms with Crippen LogP contribution in [0.25, 0.3) is 0 Å². The van der Waals surface area contributed by atoms with Crippen LogP contribution in [0.3, 0.4) is 0 Å². The van der Waals surface area contributed by atoms with E-state index in [9.17, 15) is 30.3 Å². The van der Waals surface area contributed by atoms with Crippen molar-refractivity contribution in [2.45, 2.75) is 26.7 Å². The second-order valence-electron chi connectivity index (χ2n) is 7.27. The van der Waals surface area contributed by atoms with Crippen LogP contribution in [-0.2, 0) is 12.8 Å². The molecule has 0 aliphatic carbocycles. The predicted molar refractivity (Wildman–Crippen MR) is 131 cm³/mol. The normalized spacial score (nSPS) is 10.1. The molecule has 0 unspecified atom stereocenters. The van der Waals surface area contributed by atoms with Crippen molar-refractivity contribution in [1.29, 1.82) is 0 Å². The predicted octanol–water partition coefficient (Wildman–Crippen LogP) is 5.39. The number of phenols is 1. The minimum Gasteiger partial charge on any atom is -0.502 e. The molecule has 3 aromatic carbocycles. The number of para-hydroxylation sites is 2. The number of benzene rings is 3. The van der Waals surface area contributed by atoms with Crippen molar-refractivity contribution < 1.29 is 29.4 Å². The highest BCUT2D eigenvalue weighted by atomic mass is 16.6. The Morgan fingerprint density at radius 1 is 0.667 bits per heavy atom. The van der Waals surface area contributed by atoms with Crippen molar-refractivity contribution in [3.05, 3.63) is 102 Å². The molecule has 0 fully saturated rings. The molecule has 1 N–H and O–H groups in total. The van der Waals surface area contributed by atoms with Gasteiger partial charge in [-0.2, -0.15) is 0 Å². The molecule has 190 valence electrons. The fourth-order valence-electron chi connectivity index (χ4n) is 3.02. The average Bonchev–Trinajstić information content (AvgIpc) is 2.87. The number of rotatable bonds is 10. The molecule has 0 aliphatic heterocycles. The molecule has 0 aliphatic rings. The molecule has 3 aromatic rings. The lowest BCUT2D eigenvalue weighted by Gasteiger charge is -2.09. The van der Waals surface area contributed by atoms with Gasteiger partial charge in [-0.1, -0.05) is 38.1 Å². The summed E-state index contributed by atoms with van der Waals surface area (Å²) in [5, 5.41) is 41.4. The first-order valence-electron chi connectivity index (χ1n) is 10.9. The largest absolute Gasteiger partial charge is 0.502 e. The van der Waals surface area contributed by atoms with E-state index in [0.717, 1.165) is 17.5 Å². The number of nitrogens with zero attached hydrogens (tertiary/aromatic N) is 3. The Morgan fingerprint density at radius 2 is 1.14 bits per heavy atom. The standard InChI is InChI=1S/C16H16N2O6.C8H9NO3/c1-2-12-7-8-16(14(11-12)18(21)22)24-10-9-23-15-6-4-3-5-13(15)17(19)20;1-2-6-3-4-8(10)7(5-6)9(11)12/h3-8,11H,2,9-10H2,1H3;3-5,10H,2H2,1H3. The fraction of sp³-hybridized carbons (Fsp3) is 0.250. The van der Waals surface area contributed by atoms with Gasteiger partial charge in [-0.15, -0.1) is 0 Å². The van der Waals surface area contributed by atoms with Gasteiger partial charge in [-0.3, -0.25) is 30.3 Å². The van der Waals surface area contributed by atoms with E-state index in [2.05, 4.69) is 0 Å². The van der Waals surface area contributed by atoms with E-state index >= 15 is 0 Å². The number of hydrogen-bond acceptors (Lipinski definition) is 9. The van der Waals surface area contributed by atoms with Crippen LogP contribution in [-0.4, -0.2) is 33.1 Å². The van der Waals surface area contributed by atoms with Crippen LogP contribution >= 0.6 is 0 Å². The third-order valence-corrected chi connectivity index (χ3v) is 4.93. The molecule has 0 saturated carbocycles. The number of phenolic OH excluding ortho intramolecular Hbond substituents is 1. The summed E-state index contributed by atoms with van der Waals surface area (Å²) < 4.78 is 10.7. The van der Waals surface area contributed by atoms with Gasteiger partial charge in [0.05, 0.1) is 14.8 Å². The van der Waals surface area contributed by atoms with Crippen LogP contribution in [0.5, 0.6) is 17.2 Å². The quantitative estimate of drug-likeness (QED) is 0.218. The molecule has 0 spiro atoms. The number of aryl methyl sites for hydroxylation is 2. The summed E-state index contributed by atoms with van der Waals surface area (Å²) in [4.78, 5) is 30.7. The van der Waals surface area contributed by atoms with Crippen molar-refractivity contribution in [1.82, 2.24) is 0 Å². The summed E-state index contributed by atoms with van der Waals surface area (Å²) in [5.41, 5.74) is 1.20. The Bertz CT molecular complexity index is 1230. The van der Waals surface area contributed by atoms with Gasteiger partial charge < -0.3 is 14.6 Å². The highest BCUT2D eigenvalue weighted by molar-refractivity contribution is 5.49. The third kappa shape index (κ3) is 7.65. The lowest BCUT2D eigenvalue weighted by Crippen LogP contribution is -2.10. The van der Waals surface area contributed by atoms with Crippen LogP contribution in [0.4, 0.5) is 17.1 Å². The Kier molecular flexibility index (Phi) is 10.1. The van der Waals surface area contributed by atoms with Gasteiger partial charge in [-0.25, -0.2) is 0 Å². The topological polar surface area (TPSA) is 168 Å². The summed E-state index contributed by atoms with van der Waals surface area (Å²) in [6.07, 6.45) is 1.41. The minimum absolute atomic E-state index is 0.0253. The Hall–Kier alpha value is -4.74. The van der Waals surface area contributed by atoms with E-state index in [1.54, 1.807) is 30.3 Å². The van der Waals surface area contributed by atoms with Gasteiger partial charge >= 0.3 is 17.1 Å². The van der Waals surface area contributed by atoms with Crippen molar-refractivity contribution in [2.75, 3.05) is 13.2 Å². The van der Waals surface area contributed by atoms with Crippen molar-refractivity contribution in [3.63, 3.8) is 0 Å². The number of aromatic hydroxyl groups is 1. The zero-order valence-corrected chi connectivity index (χ0v) is 19.7. The molecule has 0 amide bonds.